The lowest BCUT2D eigenvalue weighted by Gasteiger charge is -2.07. The number of carbonyl (C=O) groups is 1. The molecule has 6 heteroatoms. The van der Waals surface area contributed by atoms with E-state index in [0.29, 0.717) is 6.54 Å². The lowest BCUT2D eigenvalue weighted by atomic mass is 10.1. The van der Waals surface area contributed by atoms with Crippen molar-refractivity contribution in [3.8, 4) is 0 Å². The number of aromatic nitrogens is 3. The summed E-state index contributed by atoms with van der Waals surface area (Å²) < 4.78 is 2.13. The maximum absolute atomic E-state index is 11.0. The highest BCUT2D eigenvalue weighted by Gasteiger charge is 2.14. The summed E-state index contributed by atoms with van der Waals surface area (Å²) in [7, 11) is 0. The van der Waals surface area contributed by atoms with Crippen LogP contribution in [0.2, 0.25) is 0 Å². The van der Waals surface area contributed by atoms with E-state index >= 15 is 0 Å². The number of imidazole rings is 1. The summed E-state index contributed by atoms with van der Waals surface area (Å²) >= 11 is 1.37. The summed E-state index contributed by atoms with van der Waals surface area (Å²) in [6.07, 6.45) is 0.823. The molecule has 0 saturated heterocycles. The number of benzene rings is 1. The first-order valence-corrected chi connectivity index (χ1v) is 8.01. The van der Waals surface area contributed by atoms with Gasteiger partial charge in [-0.15, -0.1) is 11.3 Å². The molecule has 5 nitrogen and oxygen atoms in total. The van der Waals surface area contributed by atoms with E-state index in [1.54, 1.807) is 5.38 Å². The Morgan fingerprint density at radius 2 is 2.00 bits per heavy atom. The van der Waals surface area contributed by atoms with Gasteiger partial charge in [0.15, 0.2) is 5.69 Å². The van der Waals surface area contributed by atoms with Crippen molar-refractivity contribution in [3.63, 3.8) is 0 Å². The van der Waals surface area contributed by atoms with Gasteiger partial charge in [0.05, 0.1) is 17.6 Å². The molecule has 0 aliphatic rings. The number of aryl methyl sites for hydroxylation is 3. The van der Waals surface area contributed by atoms with Crippen molar-refractivity contribution in [2.45, 2.75) is 33.7 Å². The molecule has 2 heterocycles. The van der Waals surface area contributed by atoms with Gasteiger partial charge in [0.1, 0.15) is 10.8 Å². The first-order valence-electron chi connectivity index (χ1n) is 7.13. The predicted octanol–water partition coefficient (Wildman–Crippen LogP) is 3.42. The van der Waals surface area contributed by atoms with Crippen LogP contribution in [-0.4, -0.2) is 25.6 Å². The zero-order valence-electron chi connectivity index (χ0n) is 12.8. The quantitative estimate of drug-likeness (QED) is 0.801. The fourth-order valence-electron chi connectivity index (χ4n) is 2.49. The minimum atomic E-state index is -0.986. The number of carboxylic acid groups (broad SMARTS) is 1. The number of nitrogens with zero attached hydrogens (tertiary/aromatic N) is 3. The van der Waals surface area contributed by atoms with E-state index in [-0.39, 0.29) is 5.69 Å². The highest BCUT2D eigenvalue weighted by Crippen LogP contribution is 2.23. The normalized spacial score (nSPS) is 11.2. The summed E-state index contributed by atoms with van der Waals surface area (Å²) in [6.45, 7) is 6.80. The lowest BCUT2D eigenvalue weighted by molar-refractivity contribution is 0.0691. The molecule has 0 unspecified atom stereocenters. The second-order valence-electron chi connectivity index (χ2n) is 5.32. The van der Waals surface area contributed by atoms with E-state index in [4.69, 9.17) is 10.1 Å². The zero-order chi connectivity index (χ0) is 15.9. The van der Waals surface area contributed by atoms with E-state index in [0.717, 1.165) is 28.3 Å². The van der Waals surface area contributed by atoms with Gasteiger partial charge in [0.2, 0.25) is 0 Å². The fraction of sp³-hybridized carbons (Fsp3) is 0.312. The Kier molecular flexibility index (Phi) is 3.70. The lowest BCUT2D eigenvalue weighted by Crippen LogP contribution is -2.05. The van der Waals surface area contributed by atoms with Crippen molar-refractivity contribution in [3.05, 3.63) is 45.2 Å². The summed E-state index contributed by atoms with van der Waals surface area (Å²) in [6, 6.07) is 4.24. The number of rotatable bonds is 4. The molecule has 114 valence electrons. The van der Waals surface area contributed by atoms with Crippen molar-refractivity contribution in [2.75, 3.05) is 0 Å². The third-order valence-corrected chi connectivity index (χ3v) is 4.66. The van der Waals surface area contributed by atoms with Crippen molar-refractivity contribution >= 4 is 28.3 Å². The van der Waals surface area contributed by atoms with Crippen LogP contribution >= 0.6 is 11.3 Å². The highest BCUT2D eigenvalue weighted by atomic mass is 32.1. The average molecular weight is 315 g/mol. The summed E-state index contributed by atoms with van der Waals surface area (Å²) in [5.74, 6) is 0.00671. The Morgan fingerprint density at radius 1 is 1.27 bits per heavy atom. The first-order chi connectivity index (χ1) is 10.5. The molecule has 3 rings (SSSR count). The number of carboxylic acids is 1. The van der Waals surface area contributed by atoms with Crippen LogP contribution in [0.25, 0.3) is 11.0 Å². The van der Waals surface area contributed by atoms with E-state index in [9.17, 15) is 4.79 Å². The van der Waals surface area contributed by atoms with Crippen molar-refractivity contribution in [2.24, 2.45) is 0 Å². The molecular formula is C16H17N3O2S. The SMILES string of the molecule is CCc1nc2cc(C)c(C)cc2n1Cc1nc(C(=O)O)cs1. The van der Waals surface area contributed by atoms with Gasteiger partial charge in [-0.05, 0) is 37.1 Å². The highest BCUT2D eigenvalue weighted by molar-refractivity contribution is 7.09. The van der Waals surface area contributed by atoms with Crippen LogP contribution < -0.4 is 0 Å². The smallest absolute Gasteiger partial charge is 0.355 e. The van der Waals surface area contributed by atoms with Gasteiger partial charge in [-0.2, -0.15) is 0 Å². The van der Waals surface area contributed by atoms with Crippen LogP contribution in [-0.2, 0) is 13.0 Å². The Hall–Kier alpha value is -2.21. The van der Waals surface area contributed by atoms with E-state index in [1.807, 2.05) is 0 Å². The molecule has 22 heavy (non-hydrogen) atoms. The molecule has 0 aliphatic carbocycles. The molecular weight excluding hydrogens is 298 g/mol. The number of thiazole rings is 1. The Morgan fingerprint density at radius 3 is 2.64 bits per heavy atom. The topological polar surface area (TPSA) is 68.0 Å². The predicted molar refractivity (Wildman–Crippen MR) is 86.8 cm³/mol. The molecule has 1 N–H and O–H groups in total. The number of aromatic carboxylic acids is 1. The summed E-state index contributed by atoms with van der Waals surface area (Å²) in [4.78, 5) is 19.8. The second kappa shape index (κ2) is 5.53. The van der Waals surface area contributed by atoms with Crippen LogP contribution in [0, 0.1) is 13.8 Å². The van der Waals surface area contributed by atoms with E-state index in [1.165, 1.54) is 22.5 Å². The molecule has 0 amide bonds. The van der Waals surface area contributed by atoms with Gasteiger partial charge in [-0.3, -0.25) is 0 Å². The van der Waals surface area contributed by atoms with Crippen molar-refractivity contribution in [1.29, 1.82) is 0 Å². The maximum Gasteiger partial charge on any atom is 0.355 e. The molecule has 0 bridgehead atoms. The number of hydrogen-bond donors (Lipinski definition) is 1. The molecule has 3 aromatic rings. The van der Waals surface area contributed by atoms with Crippen molar-refractivity contribution < 1.29 is 9.90 Å². The fourth-order valence-corrected chi connectivity index (χ4v) is 3.25. The van der Waals surface area contributed by atoms with E-state index < -0.39 is 5.97 Å². The van der Waals surface area contributed by atoms with Gasteiger partial charge in [0, 0.05) is 11.8 Å². The summed E-state index contributed by atoms with van der Waals surface area (Å²) in [5.41, 5.74) is 4.61. The molecule has 0 saturated carbocycles. The molecule has 0 spiro atoms. The van der Waals surface area contributed by atoms with E-state index in [2.05, 4.69) is 42.5 Å². The zero-order valence-corrected chi connectivity index (χ0v) is 13.6. The summed E-state index contributed by atoms with van der Waals surface area (Å²) in [5, 5.41) is 11.4. The van der Waals surface area contributed by atoms with Gasteiger partial charge < -0.3 is 9.67 Å². The Balaban J connectivity index is 2.08. The monoisotopic (exact) mass is 315 g/mol. The van der Waals surface area contributed by atoms with Gasteiger partial charge in [0.25, 0.3) is 0 Å². The second-order valence-corrected chi connectivity index (χ2v) is 6.27. The van der Waals surface area contributed by atoms with Crippen molar-refractivity contribution in [1.82, 2.24) is 14.5 Å². The molecule has 1 aromatic carbocycles. The minimum absolute atomic E-state index is 0.106. The molecule has 0 atom stereocenters. The number of fused-ring (bicyclic) bond motifs is 1. The van der Waals surface area contributed by atoms with Crippen LogP contribution in [0.3, 0.4) is 0 Å². The Labute approximate surface area is 132 Å². The van der Waals surface area contributed by atoms with Crippen LogP contribution in [0.4, 0.5) is 0 Å². The first kappa shape index (κ1) is 14.7. The largest absolute Gasteiger partial charge is 0.476 e. The molecule has 0 radical (unpaired) electrons. The Bertz CT molecular complexity index is 864. The third-order valence-electron chi connectivity index (χ3n) is 3.82. The minimum Gasteiger partial charge on any atom is -0.476 e. The van der Waals surface area contributed by atoms with Crippen LogP contribution in [0.5, 0.6) is 0 Å². The van der Waals surface area contributed by atoms with Gasteiger partial charge >= 0.3 is 5.97 Å². The maximum atomic E-state index is 11.0. The van der Waals surface area contributed by atoms with Gasteiger partial charge in [-0.25, -0.2) is 14.8 Å². The third kappa shape index (κ3) is 2.50. The van der Waals surface area contributed by atoms with Gasteiger partial charge in [-0.1, -0.05) is 6.92 Å². The number of hydrogen-bond acceptors (Lipinski definition) is 4. The molecule has 2 aromatic heterocycles. The molecule has 0 fully saturated rings. The average Bonchev–Trinajstić information content (AvgIpc) is 3.06. The molecule has 0 aliphatic heterocycles. The van der Waals surface area contributed by atoms with Crippen LogP contribution in [0.15, 0.2) is 17.5 Å². The van der Waals surface area contributed by atoms with Crippen LogP contribution in [0.1, 0.15) is 39.4 Å². The standard InChI is InChI=1S/C16H17N3O2S/c1-4-14-17-11-5-9(2)10(3)6-13(11)19(14)7-15-18-12(8-22-15)16(20)21/h5-6,8H,4,7H2,1-3H3,(H,20,21).